The van der Waals surface area contributed by atoms with Crippen LogP contribution < -0.4 is 16.2 Å². The molecule has 3 unspecified atom stereocenters. The number of hydrogen-bond donors (Lipinski definition) is 2. The molecule has 1 aromatic heterocycles. The summed E-state index contributed by atoms with van der Waals surface area (Å²) in [6.07, 6.45) is 4.98. The second-order valence-electron chi connectivity index (χ2n) is 7.74. The fourth-order valence-electron chi connectivity index (χ4n) is 3.81. The lowest BCUT2D eigenvalue weighted by Crippen LogP contribution is -2.44. The Hall–Kier alpha value is -2.70. The first-order chi connectivity index (χ1) is 13.5. The fourth-order valence-corrected chi connectivity index (χ4v) is 3.81. The molecule has 0 spiro atoms. The minimum Gasteiger partial charge on any atom is -0.354 e. The maximum absolute atomic E-state index is 12.4. The molecule has 0 aliphatic heterocycles. The third-order valence-electron chi connectivity index (χ3n) is 5.77. The highest BCUT2D eigenvalue weighted by Gasteiger charge is 2.27. The van der Waals surface area contributed by atoms with Crippen molar-refractivity contribution >= 4 is 22.7 Å². The summed E-state index contributed by atoms with van der Waals surface area (Å²) < 4.78 is 1.28. The quantitative estimate of drug-likeness (QED) is 0.795. The van der Waals surface area contributed by atoms with E-state index in [0.717, 1.165) is 12.8 Å². The van der Waals surface area contributed by atoms with Gasteiger partial charge in [0.05, 0.1) is 17.2 Å². The van der Waals surface area contributed by atoms with Gasteiger partial charge in [0.2, 0.25) is 11.8 Å². The molecule has 7 heteroatoms. The van der Waals surface area contributed by atoms with Crippen LogP contribution in [0, 0.1) is 11.8 Å². The van der Waals surface area contributed by atoms with Crippen molar-refractivity contribution in [2.24, 2.45) is 11.8 Å². The summed E-state index contributed by atoms with van der Waals surface area (Å²) in [6.45, 7) is 4.55. The van der Waals surface area contributed by atoms with Gasteiger partial charge >= 0.3 is 0 Å². The first kappa shape index (κ1) is 20.0. The monoisotopic (exact) mass is 384 g/mol. The van der Waals surface area contributed by atoms with Gasteiger partial charge in [-0.3, -0.25) is 19.0 Å². The van der Waals surface area contributed by atoms with Crippen LogP contribution in [-0.2, 0) is 16.1 Å². The Morgan fingerprint density at radius 2 is 1.96 bits per heavy atom. The van der Waals surface area contributed by atoms with Crippen molar-refractivity contribution < 1.29 is 9.59 Å². The minimum atomic E-state index is -0.313. The summed E-state index contributed by atoms with van der Waals surface area (Å²) >= 11 is 0. The number of benzene rings is 1. The second kappa shape index (κ2) is 8.99. The van der Waals surface area contributed by atoms with Gasteiger partial charge in [-0.2, -0.15) is 0 Å². The third-order valence-corrected chi connectivity index (χ3v) is 5.77. The van der Waals surface area contributed by atoms with E-state index in [-0.39, 0.29) is 42.9 Å². The van der Waals surface area contributed by atoms with Gasteiger partial charge in [-0.1, -0.05) is 38.8 Å². The summed E-state index contributed by atoms with van der Waals surface area (Å²) in [6, 6.07) is 7.24. The molecule has 7 nitrogen and oxygen atoms in total. The topological polar surface area (TPSA) is 93.1 Å². The van der Waals surface area contributed by atoms with E-state index < -0.39 is 0 Å². The molecule has 2 N–H and O–H groups in total. The van der Waals surface area contributed by atoms with E-state index in [0.29, 0.717) is 22.7 Å². The Bertz CT molecular complexity index is 908. The number of carbonyl (C=O) groups excluding carboxylic acids is 2. The number of rotatable bonds is 6. The van der Waals surface area contributed by atoms with Gasteiger partial charge in [0.25, 0.3) is 5.56 Å². The van der Waals surface area contributed by atoms with Crippen LogP contribution in [-0.4, -0.2) is 34.0 Å². The van der Waals surface area contributed by atoms with Crippen LogP contribution in [0.15, 0.2) is 35.4 Å². The molecule has 1 fully saturated rings. The molecule has 1 aromatic carbocycles. The van der Waals surface area contributed by atoms with E-state index in [1.165, 1.54) is 17.3 Å². The largest absolute Gasteiger partial charge is 0.354 e. The number of aromatic nitrogens is 2. The maximum atomic E-state index is 12.4. The third kappa shape index (κ3) is 4.77. The van der Waals surface area contributed by atoms with Crippen LogP contribution in [0.3, 0.4) is 0 Å². The van der Waals surface area contributed by atoms with Gasteiger partial charge in [-0.25, -0.2) is 4.98 Å². The summed E-state index contributed by atoms with van der Waals surface area (Å²) in [5, 5.41) is 6.28. The van der Waals surface area contributed by atoms with Crippen LogP contribution in [0.4, 0.5) is 0 Å². The zero-order chi connectivity index (χ0) is 20.1. The van der Waals surface area contributed by atoms with Crippen LogP contribution in [0.2, 0.25) is 0 Å². The second-order valence-corrected chi connectivity index (χ2v) is 7.74. The van der Waals surface area contributed by atoms with Gasteiger partial charge in [-0.15, -0.1) is 0 Å². The van der Waals surface area contributed by atoms with E-state index in [4.69, 9.17) is 0 Å². The smallest absolute Gasteiger partial charge is 0.261 e. The molecular formula is C21H28N4O3. The number of amides is 2. The highest BCUT2D eigenvalue weighted by Crippen LogP contribution is 2.29. The van der Waals surface area contributed by atoms with Crippen molar-refractivity contribution in [2.75, 3.05) is 6.54 Å². The number of hydrogen-bond acceptors (Lipinski definition) is 4. The predicted octanol–water partition coefficient (Wildman–Crippen LogP) is 1.84. The molecule has 150 valence electrons. The van der Waals surface area contributed by atoms with Crippen molar-refractivity contribution in [1.82, 2.24) is 20.2 Å². The van der Waals surface area contributed by atoms with Crippen LogP contribution in [0.25, 0.3) is 10.9 Å². The van der Waals surface area contributed by atoms with Gasteiger partial charge in [0.1, 0.15) is 6.54 Å². The van der Waals surface area contributed by atoms with E-state index in [9.17, 15) is 14.4 Å². The highest BCUT2D eigenvalue weighted by atomic mass is 16.2. The van der Waals surface area contributed by atoms with Crippen LogP contribution in [0.5, 0.6) is 0 Å². The van der Waals surface area contributed by atoms with Crippen molar-refractivity contribution in [3.05, 3.63) is 40.9 Å². The van der Waals surface area contributed by atoms with E-state index in [1.807, 2.05) is 6.07 Å². The summed E-state index contributed by atoms with van der Waals surface area (Å²) in [5.74, 6) is 0.731. The van der Waals surface area contributed by atoms with Crippen LogP contribution in [0.1, 0.15) is 39.5 Å². The van der Waals surface area contributed by atoms with Crippen molar-refractivity contribution in [3.8, 4) is 0 Å². The average Bonchev–Trinajstić information content (AvgIpc) is 2.68. The van der Waals surface area contributed by atoms with Gasteiger partial charge in [0, 0.05) is 19.0 Å². The van der Waals surface area contributed by atoms with Crippen LogP contribution >= 0.6 is 0 Å². The SMILES string of the molecule is CC1CCCC(NC(=O)CCNC(=O)Cn2cnc3ccccc3c2=O)C1C. The van der Waals surface area contributed by atoms with E-state index in [2.05, 4.69) is 29.5 Å². The first-order valence-corrected chi connectivity index (χ1v) is 9.96. The predicted molar refractivity (Wildman–Crippen MR) is 108 cm³/mol. The zero-order valence-electron chi connectivity index (χ0n) is 16.5. The first-order valence-electron chi connectivity index (χ1n) is 9.96. The van der Waals surface area contributed by atoms with Gasteiger partial charge < -0.3 is 10.6 Å². The van der Waals surface area contributed by atoms with Crippen molar-refractivity contribution in [2.45, 2.75) is 52.1 Å². The molecule has 0 radical (unpaired) electrons. The molecular weight excluding hydrogens is 356 g/mol. The normalized spacial score (nSPS) is 22.0. The molecule has 3 rings (SSSR count). The lowest BCUT2D eigenvalue weighted by molar-refractivity contribution is -0.123. The molecule has 3 atom stereocenters. The standard InChI is InChI=1S/C21H28N4O3/c1-14-6-5-9-17(15(14)2)24-19(26)10-11-22-20(27)12-25-13-23-18-8-4-3-7-16(18)21(25)28/h3-4,7-8,13-15,17H,5-6,9-12H2,1-2H3,(H,22,27)(H,24,26). The molecule has 0 bridgehead atoms. The lowest BCUT2D eigenvalue weighted by Gasteiger charge is -2.34. The molecule has 2 amide bonds. The summed E-state index contributed by atoms with van der Waals surface area (Å²) in [4.78, 5) is 40.9. The number of para-hydroxylation sites is 1. The van der Waals surface area contributed by atoms with Gasteiger partial charge in [0.15, 0.2) is 0 Å². The number of fused-ring (bicyclic) bond motifs is 1. The number of nitrogens with zero attached hydrogens (tertiary/aromatic N) is 2. The zero-order valence-corrected chi connectivity index (χ0v) is 16.5. The highest BCUT2D eigenvalue weighted by molar-refractivity contribution is 5.80. The molecule has 1 aliphatic carbocycles. The molecule has 1 aliphatic rings. The van der Waals surface area contributed by atoms with E-state index >= 15 is 0 Å². The summed E-state index contributed by atoms with van der Waals surface area (Å²) in [7, 11) is 0. The average molecular weight is 384 g/mol. The van der Waals surface area contributed by atoms with E-state index in [1.54, 1.807) is 18.2 Å². The van der Waals surface area contributed by atoms with Crippen molar-refractivity contribution in [1.29, 1.82) is 0 Å². The number of carbonyl (C=O) groups is 2. The Balaban J connectivity index is 1.46. The van der Waals surface area contributed by atoms with Gasteiger partial charge in [-0.05, 0) is 30.4 Å². The Morgan fingerprint density at radius 1 is 1.18 bits per heavy atom. The molecule has 28 heavy (non-hydrogen) atoms. The fraction of sp³-hybridized carbons (Fsp3) is 0.524. The lowest BCUT2D eigenvalue weighted by atomic mass is 9.78. The molecule has 1 saturated carbocycles. The molecule has 0 saturated heterocycles. The minimum absolute atomic E-state index is 0.0456. The molecule has 1 heterocycles. The summed E-state index contributed by atoms with van der Waals surface area (Å²) in [5.41, 5.74) is 0.353. The maximum Gasteiger partial charge on any atom is 0.261 e. The van der Waals surface area contributed by atoms with Crippen molar-refractivity contribution in [3.63, 3.8) is 0 Å². The Kier molecular flexibility index (Phi) is 6.44. The number of nitrogens with one attached hydrogen (secondary N) is 2. The Morgan fingerprint density at radius 3 is 2.79 bits per heavy atom. The molecule has 2 aromatic rings. The Labute approximate surface area is 164 Å².